The summed E-state index contributed by atoms with van der Waals surface area (Å²) in [6.45, 7) is 0. The van der Waals surface area contributed by atoms with Crippen LogP contribution in [0.2, 0.25) is 5.02 Å². The summed E-state index contributed by atoms with van der Waals surface area (Å²) in [7, 11) is 0. The molecule has 2 atom stereocenters. The van der Waals surface area contributed by atoms with E-state index in [1.54, 1.807) is 12.1 Å². The molecule has 0 radical (unpaired) electrons. The molecular weight excluding hydrogens is 297 g/mol. The van der Waals surface area contributed by atoms with Gasteiger partial charge in [-0.3, -0.25) is 9.59 Å². The third kappa shape index (κ3) is 2.75. The maximum atomic E-state index is 13.8. The lowest BCUT2D eigenvalue weighted by molar-refractivity contribution is -0.146. The number of carbonyl (C=O) groups is 2. The van der Waals surface area contributed by atoms with Crippen molar-refractivity contribution in [3.8, 4) is 0 Å². The Labute approximate surface area is 126 Å². The molecule has 3 rings (SSSR count). The minimum Gasteiger partial charge on any atom is -0.481 e. The van der Waals surface area contributed by atoms with Crippen LogP contribution in [0.5, 0.6) is 0 Å². The topological polar surface area (TPSA) is 66.4 Å². The Morgan fingerprint density at radius 3 is 2.62 bits per heavy atom. The second-order valence-corrected chi connectivity index (χ2v) is 6.20. The molecule has 21 heavy (non-hydrogen) atoms. The van der Waals surface area contributed by atoms with Gasteiger partial charge in [-0.05, 0) is 31.4 Å². The zero-order chi connectivity index (χ0) is 15.1. The summed E-state index contributed by atoms with van der Waals surface area (Å²) in [5, 5.41) is 12.0. The van der Waals surface area contributed by atoms with Gasteiger partial charge in [-0.25, -0.2) is 4.39 Å². The number of benzene rings is 1. The maximum Gasteiger partial charge on any atom is 0.306 e. The van der Waals surface area contributed by atoms with Gasteiger partial charge >= 0.3 is 5.97 Å². The van der Waals surface area contributed by atoms with Crippen molar-refractivity contribution in [2.75, 3.05) is 0 Å². The highest BCUT2D eigenvalue weighted by Gasteiger charge is 2.47. The Balaban J connectivity index is 1.56. The van der Waals surface area contributed by atoms with Crippen molar-refractivity contribution in [2.24, 2.45) is 11.8 Å². The lowest BCUT2D eigenvalue weighted by Crippen LogP contribution is -2.47. The fourth-order valence-electron chi connectivity index (χ4n) is 2.91. The second kappa shape index (κ2) is 5.30. The van der Waals surface area contributed by atoms with Crippen LogP contribution >= 0.6 is 11.6 Å². The van der Waals surface area contributed by atoms with Crippen LogP contribution in [0.3, 0.4) is 0 Å². The fourth-order valence-corrected chi connectivity index (χ4v) is 3.22. The van der Waals surface area contributed by atoms with E-state index in [-0.39, 0.29) is 35.5 Å². The summed E-state index contributed by atoms with van der Waals surface area (Å²) in [4.78, 5) is 22.8. The predicted octanol–water partition coefficient (Wildman–Crippen LogP) is 2.56. The quantitative estimate of drug-likeness (QED) is 0.898. The Kier molecular flexibility index (Phi) is 3.61. The third-order valence-corrected chi connectivity index (χ3v) is 4.66. The van der Waals surface area contributed by atoms with Crippen LogP contribution in [0, 0.1) is 17.7 Å². The number of carbonyl (C=O) groups excluding carboxylic acids is 1. The molecule has 0 aliphatic heterocycles. The van der Waals surface area contributed by atoms with E-state index in [1.165, 1.54) is 6.07 Å². The highest BCUT2D eigenvalue weighted by Crippen LogP contribution is 2.50. The number of carboxylic acid groups (broad SMARTS) is 1. The van der Waals surface area contributed by atoms with Crippen LogP contribution < -0.4 is 5.32 Å². The molecule has 0 heterocycles. The highest BCUT2D eigenvalue weighted by atomic mass is 35.5. The monoisotopic (exact) mass is 311 g/mol. The van der Waals surface area contributed by atoms with Crippen molar-refractivity contribution in [1.29, 1.82) is 0 Å². The number of carboxylic acids is 1. The van der Waals surface area contributed by atoms with Gasteiger partial charge in [0.25, 0.3) is 0 Å². The summed E-state index contributed by atoms with van der Waals surface area (Å²) in [6, 6.07) is 4.43. The lowest BCUT2D eigenvalue weighted by Gasteiger charge is -2.32. The molecule has 1 amide bonds. The van der Waals surface area contributed by atoms with Gasteiger partial charge in [-0.2, -0.15) is 0 Å². The van der Waals surface area contributed by atoms with Gasteiger partial charge in [-0.1, -0.05) is 17.7 Å². The molecule has 1 aromatic rings. The summed E-state index contributed by atoms with van der Waals surface area (Å²) in [5.74, 6) is -2.11. The van der Waals surface area contributed by atoms with E-state index in [1.807, 2.05) is 0 Å². The minimum atomic E-state index is -0.817. The second-order valence-electron chi connectivity index (χ2n) is 5.80. The molecule has 0 bridgehead atoms. The molecular formula is C15H15ClFNO3. The van der Waals surface area contributed by atoms with Gasteiger partial charge in [-0.15, -0.1) is 0 Å². The van der Waals surface area contributed by atoms with E-state index in [0.29, 0.717) is 29.8 Å². The van der Waals surface area contributed by atoms with Crippen molar-refractivity contribution in [3.05, 3.63) is 34.6 Å². The van der Waals surface area contributed by atoms with Gasteiger partial charge < -0.3 is 10.4 Å². The van der Waals surface area contributed by atoms with E-state index in [9.17, 15) is 14.0 Å². The van der Waals surface area contributed by atoms with Crippen LogP contribution in [0.4, 0.5) is 4.39 Å². The highest BCUT2D eigenvalue weighted by molar-refractivity contribution is 6.31. The molecule has 2 fully saturated rings. The largest absolute Gasteiger partial charge is 0.481 e. The minimum absolute atomic E-state index is 0.0732. The summed E-state index contributed by atoms with van der Waals surface area (Å²) in [6.07, 6.45) is 1.53. The molecule has 2 aliphatic carbocycles. The number of rotatable bonds is 4. The molecule has 112 valence electrons. The number of aliphatic carboxylic acids is 1. The summed E-state index contributed by atoms with van der Waals surface area (Å²) < 4.78 is 13.8. The van der Waals surface area contributed by atoms with E-state index in [0.717, 1.165) is 0 Å². The molecule has 0 saturated heterocycles. The zero-order valence-corrected chi connectivity index (χ0v) is 11.9. The maximum absolute atomic E-state index is 13.8. The van der Waals surface area contributed by atoms with E-state index < -0.39 is 5.97 Å². The predicted molar refractivity (Wildman–Crippen MR) is 74.5 cm³/mol. The van der Waals surface area contributed by atoms with E-state index >= 15 is 0 Å². The van der Waals surface area contributed by atoms with Crippen molar-refractivity contribution < 1.29 is 19.1 Å². The molecule has 2 aliphatic rings. The SMILES string of the molecule is O=C(O)C1CC(NC(=O)C2CC2c2c(F)cccc2Cl)C1. The van der Waals surface area contributed by atoms with Gasteiger partial charge in [0.05, 0.1) is 5.92 Å². The van der Waals surface area contributed by atoms with Gasteiger partial charge in [0.15, 0.2) is 0 Å². The lowest BCUT2D eigenvalue weighted by atomic mass is 9.80. The number of halogens is 2. The first-order valence-corrected chi connectivity index (χ1v) is 7.32. The first kappa shape index (κ1) is 14.3. The van der Waals surface area contributed by atoms with Crippen molar-refractivity contribution in [2.45, 2.75) is 31.2 Å². The van der Waals surface area contributed by atoms with E-state index in [4.69, 9.17) is 16.7 Å². The molecule has 4 nitrogen and oxygen atoms in total. The third-order valence-electron chi connectivity index (χ3n) is 4.33. The van der Waals surface area contributed by atoms with Crippen LogP contribution in [0.1, 0.15) is 30.7 Å². The Hall–Kier alpha value is -1.62. The molecule has 0 aromatic heterocycles. The smallest absolute Gasteiger partial charge is 0.306 e. The summed E-state index contributed by atoms with van der Waals surface area (Å²) in [5.41, 5.74) is 0.413. The first-order valence-electron chi connectivity index (χ1n) is 6.94. The molecule has 1 aromatic carbocycles. The van der Waals surface area contributed by atoms with Crippen LogP contribution in [-0.4, -0.2) is 23.0 Å². The first-order chi connectivity index (χ1) is 9.97. The van der Waals surface area contributed by atoms with Gasteiger partial charge in [0, 0.05) is 28.5 Å². The normalized spacial score (nSPS) is 30.4. The van der Waals surface area contributed by atoms with Gasteiger partial charge in [0.2, 0.25) is 5.91 Å². The molecule has 0 spiro atoms. The fraction of sp³-hybridized carbons (Fsp3) is 0.467. The Morgan fingerprint density at radius 1 is 1.29 bits per heavy atom. The standard InChI is InChI=1S/C15H15ClFNO3/c16-11-2-1-3-12(17)13(11)9-6-10(9)14(19)18-8-4-7(5-8)15(20)21/h1-3,7-10H,4-6H2,(H,18,19)(H,20,21). The average molecular weight is 312 g/mol. The number of amides is 1. The Bertz CT molecular complexity index is 580. The van der Waals surface area contributed by atoms with Crippen LogP contribution in [0.25, 0.3) is 0 Å². The molecule has 2 N–H and O–H groups in total. The number of hydrogen-bond donors (Lipinski definition) is 2. The van der Waals surface area contributed by atoms with Crippen molar-refractivity contribution >= 4 is 23.5 Å². The summed E-state index contributed by atoms with van der Waals surface area (Å²) >= 11 is 6.00. The van der Waals surface area contributed by atoms with E-state index in [2.05, 4.69) is 5.32 Å². The Morgan fingerprint density at radius 2 is 2.00 bits per heavy atom. The van der Waals surface area contributed by atoms with Crippen molar-refractivity contribution in [1.82, 2.24) is 5.32 Å². The molecule has 6 heteroatoms. The van der Waals surface area contributed by atoms with Crippen LogP contribution in [-0.2, 0) is 9.59 Å². The molecule has 2 unspecified atom stereocenters. The number of hydrogen-bond acceptors (Lipinski definition) is 2. The van der Waals surface area contributed by atoms with Crippen LogP contribution in [0.15, 0.2) is 18.2 Å². The zero-order valence-electron chi connectivity index (χ0n) is 11.2. The molecule has 2 saturated carbocycles. The van der Waals surface area contributed by atoms with Crippen molar-refractivity contribution in [3.63, 3.8) is 0 Å². The number of nitrogens with one attached hydrogen (secondary N) is 1. The average Bonchev–Trinajstić information content (AvgIpc) is 3.12. The van der Waals surface area contributed by atoms with Gasteiger partial charge in [0.1, 0.15) is 5.82 Å².